The Morgan fingerprint density at radius 3 is 2.47 bits per heavy atom. The van der Waals surface area contributed by atoms with Crippen molar-refractivity contribution in [1.82, 2.24) is 4.98 Å². The average Bonchev–Trinajstić information content (AvgIpc) is 2.69. The van der Waals surface area contributed by atoms with E-state index in [1.807, 2.05) is 12.1 Å². The lowest BCUT2D eigenvalue weighted by Crippen LogP contribution is -1.76. The number of benzene rings is 2. The van der Waals surface area contributed by atoms with Crippen molar-refractivity contribution in [2.45, 2.75) is 23.6 Å². The monoisotopic (exact) mass is 287 g/mol. The zero-order valence-electron chi connectivity index (χ0n) is 10.8. The number of hydrogen-bond donors (Lipinski definition) is 1. The van der Waals surface area contributed by atoms with Gasteiger partial charge in [0.05, 0.1) is 0 Å². The molecule has 0 saturated carbocycles. The van der Waals surface area contributed by atoms with Gasteiger partial charge in [-0.1, -0.05) is 35.0 Å². The molecule has 0 aliphatic heterocycles. The molecule has 19 heavy (non-hydrogen) atoms. The molecule has 0 aliphatic rings. The van der Waals surface area contributed by atoms with Crippen LogP contribution >= 0.6 is 23.4 Å². The van der Waals surface area contributed by atoms with E-state index in [9.17, 15) is 0 Å². The SMILES string of the molecule is Cc1ccc2[nH]c(C)c(Sc3ccc(Cl)cc3)c2c1. The molecule has 0 radical (unpaired) electrons. The molecule has 0 amide bonds. The van der Waals surface area contributed by atoms with Crippen LogP contribution in [0.1, 0.15) is 11.3 Å². The third-order valence-electron chi connectivity index (χ3n) is 3.12. The van der Waals surface area contributed by atoms with Gasteiger partial charge in [-0.25, -0.2) is 0 Å². The van der Waals surface area contributed by atoms with Gasteiger partial charge in [0.2, 0.25) is 0 Å². The normalized spacial score (nSPS) is 11.1. The van der Waals surface area contributed by atoms with Gasteiger partial charge in [0, 0.05) is 31.4 Å². The van der Waals surface area contributed by atoms with Gasteiger partial charge in [0.25, 0.3) is 0 Å². The summed E-state index contributed by atoms with van der Waals surface area (Å²) in [5.74, 6) is 0. The summed E-state index contributed by atoms with van der Waals surface area (Å²) in [4.78, 5) is 5.94. The van der Waals surface area contributed by atoms with Crippen LogP contribution in [0.15, 0.2) is 52.3 Å². The molecule has 0 saturated heterocycles. The lowest BCUT2D eigenvalue weighted by Gasteiger charge is -2.02. The number of nitrogens with one attached hydrogen (secondary N) is 1. The zero-order chi connectivity index (χ0) is 13.4. The Morgan fingerprint density at radius 2 is 1.74 bits per heavy atom. The minimum absolute atomic E-state index is 0.774. The van der Waals surface area contributed by atoms with Crippen molar-refractivity contribution in [2.75, 3.05) is 0 Å². The first-order valence-electron chi connectivity index (χ1n) is 6.16. The Balaban J connectivity index is 2.06. The molecule has 3 aromatic rings. The summed E-state index contributed by atoms with van der Waals surface area (Å²) in [6.45, 7) is 4.24. The molecular formula is C16H14ClNS. The Hall–Kier alpha value is -1.38. The van der Waals surface area contributed by atoms with Crippen LogP contribution in [0.5, 0.6) is 0 Å². The quantitative estimate of drug-likeness (QED) is 0.649. The van der Waals surface area contributed by atoms with Crippen LogP contribution in [-0.4, -0.2) is 4.98 Å². The van der Waals surface area contributed by atoms with Crippen molar-refractivity contribution in [3.05, 3.63) is 58.7 Å². The van der Waals surface area contributed by atoms with Gasteiger partial charge in [-0.15, -0.1) is 0 Å². The van der Waals surface area contributed by atoms with E-state index in [4.69, 9.17) is 11.6 Å². The van der Waals surface area contributed by atoms with Crippen molar-refractivity contribution in [3.8, 4) is 0 Å². The van der Waals surface area contributed by atoms with Crippen LogP contribution < -0.4 is 0 Å². The Bertz CT molecular complexity index is 728. The highest BCUT2D eigenvalue weighted by atomic mass is 35.5. The molecule has 96 valence electrons. The Kier molecular flexibility index (Phi) is 3.29. The number of rotatable bonds is 2. The van der Waals surface area contributed by atoms with Crippen LogP contribution in [-0.2, 0) is 0 Å². The van der Waals surface area contributed by atoms with Crippen LogP contribution in [0, 0.1) is 13.8 Å². The van der Waals surface area contributed by atoms with Gasteiger partial charge in [0.1, 0.15) is 0 Å². The average molecular weight is 288 g/mol. The lowest BCUT2D eigenvalue weighted by atomic mass is 10.2. The molecule has 0 fully saturated rings. The fourth-order valence-corrected chi connectivity index (χ4v) is 3.28. The van der Waals surface area contributed by atoms with Crippen LogP contribution in [0.2, 0.25) is 5.02 Å². The maximum Gasteiger partial charge on any atom is 0.0467 e. The lowest BCUT2D eigenvalue weighted by molar-refractivity contribution is 1.23. The first-order chi connectivity index (χ1) is 9.13. The number of H-pyrrole nitrogens is 1. The van der Waals surface area contributed by atoms with E-state index in [0.717, 1.165) is 5.02 Å². The van der Waals surface area contributed by atoms with E-state index < -0.39 is 0 Å². The van der Waals surface area contributed by atoms with E-state index in [1.54, 1.807) is 11.8 Å². The largest absolute Gasteiger partial charge is 0.358 e. The van der Waals surface area contributed by atoms with E-state index in [0.29, 0.717) is 0 Å². The third kappa shape index (κ3) is 2.51. The summed E-state index contributed by atoms with van der Waals surface area (Å²) < 4.78 is 0. The van der Waals surface area contributed by atoms with E-state index in [1.165, 1.54) is 32.0 Å². The van der Waals surface area contributed by atoms with E-state index >= 15 is 0 Å². The molecule has 0 aliphatic carbocycles. The number of fused-ring (bicyclic) bond motifs is 1. The third-order valence-corrected chi connectivity index (χ3v) is 4.61. The molecule has 0 bridgehead atoms. The number of aromatic amines is 1. The molecular weight excluding hydrogens is 274 g/mol. The highest BCUT2D eigenvalue weighted by molar-refractivity contribution is 7.99. The molecule has 0 spiro atoms. The second-order valence-electron chi connectivity index (χ2n) is 4.68. The van der Waals surface area contributed by atoms with Crippen molar-refractivity contribution in [1.29, 1.82) is 0 Å². The maximum absolute atomic E-state index is 5.93. The van der Waals surface area contributed by atoms with Crippen LogP contribution in [0.25, 0.3) is 10.9 Å². The summed E-state index contributed by atoms with van der Waals surface area (Å²) in [6.07, 6.45) is 0. The van der Waals surface area contributed by atoms with Crippen LogP contribution in [0.3, 0.4) is 0 Å². The number of halogens is 1. The zero-order valence-corrected chi connectivity index (χ0v) is 12.4. The number of aryl methyl sites for hydroxylation is 2. The predicted molar refractivity (Wildman–Crippen MR) is 83.3 cm³/mol. The van der Waals surface area contributed by atoms with Crippen molar-refractivity contribution < 1.29 is 0 Å². The molecule has 3 rings (SSSR count). The first kappa shape index (κ1) is 12.6. The molecule has 0 atom stereocenters. The van der Waals surface area contributed by atoms with Gasteiger partial charge in [-0.05, 0) is 50.2 Å². The smallest absolute Gasteiger partial charge is 0.0467 e. The van der Waals surface area contributed by atoms with E-state index in [-0.39, 0.29) is 0 Å². The van der Waals surface area contributed by atoms with Crippen molar-refractivity contribution >= 4 is 34.3 Å². The molecule has 1 nitrogen and oxygen atoms in total. The Labute approximate surface area is 122 Å². The van der Waals surface area contributed by atoms with Gasteiger partial charge < -0.3 is 4.98 Å². The second kappa shape index (κ2) is 4.95. The summed E-state index contributed by atoms with van der Waals surface area (Å²) in [5.41, 5.74) is 3.68. The molecule has 3 heteroatoms. The highest BCUT2D eigenvalue weighted by Crippen LogP contribution is 2.37. The van der Waals surface area contributed by atoms with Crippen LogP contribution in [0.4, 0.5) is 0 Å². The molecule has 1 N–H and O–H groups in total. The van der Waals surface area contributed by atoms with Crippen molar-refractivity contribution in [2.24, 2.45) is 0 Å². The maximum atomic E-state index is 5.93. The minimum Gasteiger partial charge on any atom is -0.358 e. The van der Waals surface area contributed by atoms with Gasteiger partial charge in [-0.3, -0.25) is 0 Å². The molecule has 1 aromatic heterocycles. The second-order valence-corrected chi connectivity index (χ2v) is 6.20. The predicted octanol–water partition coefficient (Wildman–Crippen LogP) is 5.59. The Morgan fingerprint density at radius 1 is 1.00 bits per heavy atom. The molecule has 0 unspecified atom stereocenters. The van der Waals surface area contributed by atoms with Crippen molar-refractivity contribution in [3.63, 3.8) is 0 Å². The summed E-state index contributed by atoms with van der Waals surface area (Å²) in [6, 6.07) is 14.5. The number of hydrogen-bond acceptors (Lipinski definition) is 1. The summed E-state index contributed by atoms with van der Waals surface area (Å²) in [5, 5.41) is 2.06. The molecule has 2 aromatic carbocycles. The minimum atomic E-state index is 0.774. The molecule has 1 heterocycles. The standard InChI is InChI=1S/C16H14ClNS/c1-10-3-8-15-14(9-10)16(11(2)18-15)19-13-6-4-12(17)5-7-13/h3-9,18H,1-2H3. The summed E-state index contributed by atoms with van der Waals surface area (Å²) in [7, 11) is 0. The fraction of sp³-hybridized carbons (Fsp3) is 0.125. The summed E-state index contributed by atoms with van der Waals surface area (Å²) >= 11 is 7.70. The van der Waals surface area contributed by atoms with Gasteiger partial charge in [-0.2, -0.15) is 0 Å². The topological polar surface area (TPSA) is 15.8 Å². The first-order valence-corrected chi connectivity index (χ1v) is 7.35. The van der Waals surface area contributed by atoms with Gasteiger partial charge >= 0.3 is 0 Å². The van der Waals surface area contributed by atoms with E-state index in [2.05, 4.69) is 49.2 Å². The van der Waals surface area contributed by atoms with Gasteiger partial charge in [0.15, 0.2) is 0 Å². The fourth-order valence-electron chi connectivity index (χ4n) is 2.17. The highest BCUT2D eigenvalue weighted by Gasteiger charge is 2.10. The number of aromatic nitrogens is 1.